The number of rotatable bonds is 6. The molecule has 0 atom stereocenters. The second-order valence-electron chi connectivity index (χ2n) is 6.94. The minimum atomic E-state index is -0.254. The highest BCUT2D eigenvalue weighted by atomic mass is 16.5. The summed E-state index contributed by atoms with van der Waals surface area (Å²) in [6.45, 7) is 6.04. The summed E-state index contributed by atoms with van der Waals surface area (Å²) < 4.78 is 16.5. The number of pyridine rings is 1. The lowest BCUT2D eigenvalue weighted by Crippen LogP contribution is -2.24. The number of carbonyl (C=O) groups is 1. The molecule has 0 aliphatic rings. The van der Waals surface area contributed by atoms with E-state index < -0.39 is 0 Å². The van der Waals surface area contributed by atoms with Gasteiger partial charge in [-0.2, -0.15) is 0 Å². The minimum Gasteiger partial charge on any atom is -0.491 e. The highest BCUT2D eigenvalue weighted by molar-refractivity contribution is 6.06. The Labute approximate surface area is 167 Å². The molecule has 0 radical (unpaired) electrons. The first-order valence-corrected chi connectivity index (χ1v) is 9.36. The van der Waals surface area contributed by atoms with Crippen LogP contribution in [0.1, 0.15) is 35.5 Å². The van der Waals surface area contributed by atoms with Gasteiger partial charge in [0.05, 0.1) is 29.0 Å². The van der Waals surface area contributed by atoms with E-state index in [0.717, 1.165) is 11.3 Å². The maximum absolute atomic E-state index is 13.1. The summed E-state index contributed by atoms with van der Waals surface area (Å²) in [6, 6.07) is 12.9. The molecule has 3 aromatic heterocycles. The minimum absolute atomic E-state index is 0.0437. The fraction of sp³-hybridized carbons (Fsp3) is 0.227. The van der Waals surface area contributed by atoms with Crippen molar-refractivity contribution in [2.24, 2.45) is 0 Å². The third kappa shape index (κ3) is 3.85. The Kier molecular flexibility index (Phi) is 5.03. The smallest absolute Gasteiger partial charge is 0.259 e. The van der Waals surface area contributed by atoms with Crippen LogP contribution in [0.15, 0.2) is 57.7 Å². The summed E-state index contributed by atoms with van der Waals surface area (Å²) in [5, 5.41) is 7.51. The van der Waals surface area contributed by atoms with E-state index in [-0.39, 0.29) is 12.0 Å². The molecule has 1 N–H and O–H groups in total. The molecule has 4 aromatic rings. The van der Waals surface area contributed by atoms with Crippen molar-refractivity contribution < 1.29 is 18.5 Å². The summed E-state index contributed by atoms with van der Waals surface area (Å²) >= 11 is 0. The maximum atomic E-state index is 13.1. The normalized spacial score (nSPS) is 11.2. The Hall–Kier alpha value is -3.61. The number of hydrogen-bond acceptors (Lipinski definition) is 6. The van der Waals surface area contributed by atoms with Crippen LogP contribution in [0.4, 0.5) is 0 Å². The molecular formula is C22H21N3O4. The first-order chi connectivity index (χ1) is 14.0. The number of benzene rings is 1. The number of ether oxygens (including phenoxy) is 1. The second-order valence-corrected chi connectivity index (χ2v) is 6.94. The van der Waals surface area contributed by atoms with E-state index in [1.165, 1.54) is 0 Å². The van der Waals surface area contributed by atoms with Gasteiger partial charge in [-0.25, -0.2) is 4.98 Å². The molecule has 4 rings (SSSR count). The van der Waals surface area contributed by atoms with Gasteiger partial charge in [0, 0.05) is 12.1 Å². The summed E-state index contributed by atoms with van der Waals surface area (Å²) in [5.41, 5.74) is 2.74. The number of aryl methyl sites for hydroxylation is 1. The van der Waals surface area contributed by atoms with E-state index in [2.05, 4.69) is 15.5 Å². The Morgan fingerprint density at radius 1 is 1.21 bits per heavy atom. The van der Waals surface area contributed by atoms with Gasteiger partial charge in [0.1, 0.15) is 11.4 Å². The highest BCUT2D eigenvalue weighted by Gasteiger charge is 2.20. The van der Waals surface area contributed by atoms with Gasteiger partial charge in [-0.3, -0.25) is 4.79 Å². The number of nitrogens with one attached hydrogen (secondary N) is 1. The lowest BCUT2D eigenvalue weighted by molar-refractivity contribution is 0.0952. The zero-order valence-corrected chi connectivity index (χ0v) is 16.4. The summed E-state index contributed by atoms with van der Waals surface area (Å²) in [6.07, 6.45) is 1.60. The van der Waals surface area contributed by atoms with Gasteiger partial charge in [0.25, 0.3) is 11.6 Å². The summed E-state index contributed by atoms with van der Waals surface area (Å²) in [5.74, 6) is 1.04. The highest BCUT2D eigenvalue weighted by Crippen LogP contribution is 2.27. The molecule has 3 heterocycles. The summed E-state index contributed by atoms with van der Waals surface area (Å²) in [7, 11) is 0. The Morgan fingerprint density at radius 3 is 2.79 bits per heavy atom. The van der Waals surface area contributed by atoms with E-state index in [4.69, 9.17) is 13.7 Å². The van der Waals surface area contributed by atoms with E-state index in [1.807, 2.05) is 38.1 Å². The first kappa shape index (κ1) is 18.7. The zero-order valence-electron chi connectivity index (χ0n) is 16.4. The van der Waals surface area contributed by atoms with Crippen molar-refractivity contribution in [2.45, 2.75) is 33.4 Å². The van der Waals surface area contributed by atoms with Crippen LogP contribution in [0.2, 0.25) is 0 Å². The van der Waals surface area contributed by atoms with E-state index >= 15 is 0 Å². The van der Waals surface area contributed by atoms with Crippen LogP contribution in [0, 0.1) is 6.92 Å². The average Bonchev–Trinajstić information content (AvgIpc) is 3.36. The average molecular weight is 391 g/mol. The molecule has 0 bridgehead atoms. The lowest BCUT2D eigenvalue weighted by Gasteiger charge is -2.15. The molecule has 1 amide bonds. The van der Waals surface area contributed by atoms with Crippen LogP contribution >= 0.6 is 0 Å². The van der Waals surface area contributed by atoms with Gasteiger partial charge in [-0.05, 0) is 45.0 Å². The van der Waals surface area contributed by atoms with Crippen molar-refractivity contribution in [3.8, 4) is 17.2 Å². The molecule has 29 heavy (non-hydrogen) atoms. The molecule has 0 unspecified atom stereocenters. The molecule has 7 heteroatoms. The van der Waals surface area contributed by atoms with Gasteiger partial charge in [0.2, 0.25) is 0 Å². The molecule has 0 saturated carbocycles. The quantitative estimate of drug-likeness (QED) is 0.520. The monoisotopic (exact) mass is 391 g/mol. The van der Waals surface area contributed by atoms with Crippen molar-refractivity contribution in [1.29, 1.82) is 0 Å². The maximum Gasteiger partial charge on any atom is 0.259 e. The van der Waals surface area contributed by atoms with Crippen LogP contribution in [0.3, 0.4) is 0 Å². The number of nitrogens with zero attached hydrogens (tertiary/aromatic N) is 2. The molecule has 0 aliphatic carbocycles. The van der Waals surface area contributed by atoms with Crippen molar-refractivity contribution >= 4 is 17.0 Å². The zero-order chi connectivity index (χ0) is 20.4. The largest absolute Gasteiger partial charge is 0.491 e. The van der Waals surface area contributed by atoms with E-state index in [1.54, 1.807) is 31.4 Å². The third-order valence-electron chi connectivity index (χ3n) is 4.41. The Bertz CT molecular complexity index is 1150. The van der Waals surface area contributed by atoms with E-state index in [0.29, 0.717) is 40.4 Å². The third-order valence-corrected chi connectivity index (χ3v) is 4.41. The number of para-hydroxylation sites is 1. The summed E-state index contributed by atoms with van der Waals surface area (Å²) in [4.78, 5) is 17.5. The SMILES string of the molecule is Cc1noc2nc(-c3ccco3)cc(C(=O)NCc3ccccc3OC(C)C)c12. The van der Waals surface area contributed by atoms with Gasteiger partial charge < -0.3 is 19.0 Å². The van der Waals surface area contributed by atoms with Crippen LogP contribution in [-0.2, 0) is 6.54 Å². The molecule has 0 spiro atoms. The second kappa shape index (κ2) is 7.79. The van der Waals surface area contributed by atoms with Gasteiger partial charge in [0.15, 0.2) is 5.76 Å². The van der Waals surface area contributed by atoms with Gasteiger partial charge in [-0.15, -0.1) is 0 Å². The number of aromatic nitrogens is 2. The van der Waals surface area contributed by atoms with Crippen molar-refractivity contribution in [1.82, 2.24) is 15.5 Å². The molecule has 0 fully saturated rings. The number of fused-ring (bicyclic) bond motifs is 1. The van der Waals surface area contributed by atoms with Crippen LogP contribution in [-0.4, -0.2) is 22.2 Å². The standard InChI is InChI=1S/C22H21N3O4/c1-13(2)28-18-8-5-4-7-15(18)12-23-21(26)16-11-17(19-9-6-10-27-19)24-22-20(16)14(3)25-29-22/h4-11,13H,12H2,1-3H3,(H,23,26). The number of hydrogen-bond donors (Lipinski definition) is 1. The number of amides is 1. The fourth-order valence-electron chi connectivity index (χ4n) is 3.11. The molecular weight excluding hydrogens is 370 g/mol. The molecule has 0 aliphatic heterocycles. The molecule has 7 nitrogen and oxygen atoms in total. The molecule has 148 valence electrons. The number of carbonyl (C=O) groups excluding carboxylic acids is 1. The first-order valence-electron chi connectivity index (χ1n) is 9.36. The molecule has 0 saturated heterocycles. The van der Waals surface area contributed by atoms with Crippen molar-refractivity contribution in [3.63, 3.8) is 0 Å². The van der Waals surface area contributed by atoms with Crippen molar-refractivity contribution in [3.05, 3.63) is 65.5 Å². The van der Waals surface area contributed by atoms with E-state index in [9.17, 15) is 4.79 Å². The predicted octanol–water partition coefficient (Wildman–Crippen LogP) is 4.51. The Morgan fingerprint density at radius 2 is 2.03 bits per heavy atom. The van der Waals surface area contributed by atoms with Crippen LogP contribution < -0.4 is 10.1 Å². The number of furan rings is 1. The lowest BCUT2D eigenvalue weighted by atomic mass is 10.1. The van der Waals surface area contributed by atoms with Crippen molar-refractivity contribution in [2.75, 3.05) is 0 Å². The topological polar surface area (TPSA) is 90.4 Å². The fourth-order valence-corrected chi connectivity index (χ4v) is 3.11. The van der Waals surface area contributed by atoms with Crippen LogP contribution in [0.5, 0.6) is 5.75 Å². The Balaban J connectivity index is 1.65. The van der Waals surface area contributed by atoms with Gasteiger partial charge >= 0.3 is 0 Å². The van der Waals surface area contributed by atoms with Crippen LogP contribution in [0.25, 0.3) is 22.6 Å². The predicted molar refractivity (Wildman–Crippen MR) is 108 cm³/mol. The molecule has 1 aromatic carbocycles. The van der Waals surface area contributed by atoms with Gasteiger partial charge in [-0.1, -0.05) is 23.4 Å².